The van der Waals surface area contributed by atoms with Crippen molar-refractivity contribution in [3.63, 3.8) is 0 Å². The second-order valence-electron chi connectivity index (χ2n) is 9.50. The maximum Gasteiger partial charge on any atom is 0.176 e. The topological polar surface area (TPSA) is 86.4 Å². The number of nitrogens with zero attached hydrogens (tertiary/aromatic N) is 5. The lowest BCUT2D eigenvalue weighted by molar-refractivity contribution is 0.220. The van der Waals surface area contributed by atoms with Crippen molar-refractivity contribution >= 4 is 33.3 Å². The SMILES string of the molecule is Fc1ccc(-c2cccc3[nH]c(-c4n[nH]c5cnc(-c6cncc(CN7CCCCC7)c6)cc45)nc23)s1. The zero-order valence-electron chi connectivity index (χ0n) is 20.0. The van der Waals surface area contributed by atoms with Crippen molar-refractivity contribution in [2.45, 2.75) is 25.8 Å². The number of imidazole rings is 1. The molecular formula is C28H24FN7S. The van der Waals surface area contributed by atoms with Gasteiger partial charge in [-0.3, -0.25) is 20.0 Å². The van der Waals surface area contributed by atoms with Crippen LogP contribution in [0, 0.1) is 5.13 Å². The first-order chi connectivity index (χ1) is 18.2. The maximum atomic E-state index is 13.7. The Morgan fingerprint density at radius 2 is 1.89 bits per heavy atom. The third kappa shape index (κ3) is 4.20. The van der Waals surface area contributed by atoms with E-state index >= 15 is 0 Å². The summed E-state index contributed by atoms with van der Waals surface area (Å²) in [6, 6.07) is 13.4. The third-order valence-electron chi connectivity index (χ3n) is 6.97. The lowest BCUT2D eigenvalue weighted by Crippen LogP contribution is -2.29. The molecule has 0 unspecified atom stereocenters. The quantitative estimate of drug-likeness (QED) is 0.280. The monoisotopic (exact) mass is 509 g/mol. The summed E-state index contributed by atoms with van der Waals surface area (Å²) in [5.41, 5.74) is 7.13. The number of fused-ring (bicyclic) bond motifs is 2. The molecule has 1 aliphatic heterocycles. The average molecular weight is 510 g/mol. The van der Waals surface area contributed by atoms with Crippen LogP contribution >= 0.6 is 11.3 Å². The predicted molar refractivity (Wildman–Crippen MR) is 145 cm³/mol. The number of H-pyrrole nitrogens is 2. The molecular weight excluding hydrogens is 485 g/mol. The second-order valence-corrected chi connectivity index (χ2v) is 10.5. The molecule has 7 nitrogen and oxygen atoms in total. The fraction of sp³-hybridized carbons (Fsp3) is 0.214. The Bertz CT molecular complexity index is 1730. The summed E-state index contributed by atoms with van der Waals surface area (Å²) in [7, 11) is 0. The molecule has 37 heavy (non-hydrogen) atoms. The van der Waals surface area contributed by atoms with E-state index in [0.717, 1.165) is 80.3 Å². The van der Waals surface area contributed by atoms with Crippen LogP contribution in [0.5, 0.6) is 0 Å². The van der Waals surface area contributed by atoms with E-state index in [-0.39, 0.29) is 5.13 Å². The van der Waals surface area contributed by atoms with Crippen molar-refractivity contribution < 1.29 is 4.39 Å². The van der Waals surface area contributed by atoms with Crippen molar-refractivity contribution in [3.05, 3.63) is 71.7 Å². The van der Waals surface area contributed by atoms with Crippen LogP contribution in [-0.2, 0) is 6.54 Å². The number of halogens is 1. The summed E-state index contributed by atoms with van der Waals surface area (Å²) < 4.78 is 13.7. The molecule has 0 spiro atoms. The number of aromatic amines is 2. The molecule has 2 N–H and O–H groups in total. The van der Waals surface area contributed by atoms with Gasteiger partial charge in [0.15, 0.2) is 11.0 Å². The van der Waals surface area contributed by atoms with E-state index in [2.05, 4.69) is 36.1 Å². The molecule has 1 aromatic carbocycles. The number of aromatic nitrogens is 6. The van der Waals surface area contributed by atoms with Crippen LogP contribution in [0.25, 0.3) is 55.2 Å². The van der Waals surface area contributed by atoms with E-state index in [9.17, 15) is 4.39 Å². The van der Waals surface area contributed by atoms with Crippen LogP contribution in [0.2, 0.25) is 0 Å². The maximum absolute atomic E-state index is 13.7. The van der Waals surface area contributed by atoms with E-state index in [1.807, 2.05) is 36.7 Å². The van der Waals surface area contributed by atoms with Gasteiger partial charge in [0.05, 0.1) is 28.4 Å². The summed E-state index contributed by atoms with van der Waals surface area (Å²) in [4.78, 5) is 20.8. The van der Waals surface area contributed by atoms with Crippen LogP contribution in [0.1, 0.15) is 24.8 Å². The number of thiophene rings is 1. The van der Waals surface area contributed by atoms with Crippen molar-refractivity contribution in [1.29, 1.82) is 0 Å². The highest BCUT2D eigenvalue weighted by molar-refractivity contribution is 7.14. The summed E-state index contributed by atoms with van der Waals surface area (Å²) in [6.07, 6.45) is 9.47. The summed E-state index contributed by atoms with van der Waals surface area (Å²) >= 11 is 1.12. The number of benzene rings is 1. The molecule has 9 heteroatoms. The van der Waals surface area contributed by atoms with E-state index in [1.54, 1.807) is 12.3 Å². The van der Waals surface area contributed by atoms with Gasteiger partial charge in [-0.05, 0) is 61.8 Å². The fourth-order valence-electron chi connectivity index (χ4n) is 5.15. The molecule has 5 aromatic heterocycles. The minimum Gasteiger partial charge on any atom is -0.337 e. The van der Waals surface area contributed by atoms with Crippen molar-refractivity contribution in [3.8, 4) is 33.2 Å². The van der Waals surface area contributed by atoms with Gasteiger partial charge in [-0.1, -0.05) is 18.6 Å². The van der Waals surface area contributed by atoms with Crippen LogP contribution in [0.4, 0.5) is 4.39 Å². The molecule has 0 aliphatic carbocycles. The molecule has 6 aromatic rings. The van der Waals surface area contributed by atoms with Gasteiger partial charge in [-0.25, -0.2) is 4.98 Å². The summed E-state index contributed by atoms with van der Waals surface area (Å²) in [5, 5.41) is 8.35. The third-order valence-corrected chi connectivity index (χ3v) is 7.88. The van der Waals surface area contributed by atoms with Gasteiger partial charge < -0.3 is 4.98 Å². The Morgan fingerprint density at radius 1 is 0.973 bits per heavy atom. The van der Waals surface area contributed by atoms with Crippen LogP contribution < -0.4 is 0 Å². The second kappa shape index (κ2) is 9.17. The molecule has 0 bridgehead atoms. The van der Waals surface area contributed by atoms with E-state index in [0.29, 0.717) is 5.82 Å². The average Bonchev–Trinajstić information content (AvgIpc) is 3.66. The van der Waals surface area contributed by atoms with Crippen molar-refractivity contribution in [2.24, 2.45) is 0 Å². The van der Waals surface area contributed by atoms with Gasteiger partial charge in [0.25, 0.3) is 0 Å². The molecule has 0 radical (unpaired) electrons. The number of rotatable bonds is 5. The lowest BCUT2D eigenvalue weighted by atomic mass is 10.1. The minimum atomic E-state index is -0.212. The highest BCUT2D eigenvalue weighted by atomic mass is 32.1. The van der Waals surface area contributed by atoms with Gasteiger partial charge in [0.2, 0.25) is 0 Å². The first-order valence-corrected chi connectivity index (χ1v) is 13.3. The number of hydrogen-bond acceptors (Lipinski definition) is 6. The first kappa shape index (κ1) is 22.3. The largest absolute Gasteiger partial charge is 0.337 e. The smallest absolute Gasteiger partial charge is 0.176 e. The van der Waals surface area contributed by atoms with Crippen LogP contribution in [0.3, 0.4) is 0 Å². The molecule has 0 saturated carbocycles. The number of likely N-dealkylation sites (tertiary alicyclic amines) is 1. The number of piperidine rings is 1. The van der Waals surface area contributed by atoms with Gasteiger partial charge in [-0.15, -0.1) is 11.3 Å². The van der Waals surface area contributed by atoms with Gasteiger partial charge in [-0.2, -0.15) is 9.49 Å². The number of hydrogen-bond donors (Lipinski definition) is 2. The number of pyridine rings is 2. The minimum absolute atomic E-state index is 0.212. The Balaban J connectivity index is 1.26. The number of nitrogens with one attached hydrogen (secondary N) is 2. The molecule has 6 heterocycles. The van der Waals surface area contributed by atoms with Gasteiger partial charge >= 0.3 is 0 Å². The molecule has 1 saturated heterocycles. The lowest BCUT2D eigenvalue weighted by Gasteiger charge is -2.26. The summed E-state index contributed by atoms with van der Waals surface area (Å²) in [6.45, 7) is 3.20. The van der Waals surface area contributed by atoms with E-state index in [1.165, 1.54) is 30.9 Å². The zero-order valence-corrected chi connectivity index (χ0v) is 20.9. The molecule has 0 atom stereocenters. The zero-order chi connectivity index (χ0) is 24.8. The number of para-hydroxylation sites is 1. The Morgan fingerprint density at radius 3 is 2.76 bits per heavy atom. The van der Waals surface area contributed by atoms with Gasteiger partial charge in [0, 0.05) is 40.3 Å². The Labute approximate surface area is 216 Å². The Hall–Kier alpha value is -3.95. The fourth-order valence-corrected chi connectivity index (χ4v) is 5.90. The molecule has 1 fully saturated rings. The normalized spacial score (nSPS) is 14.6. The van der Waals surface area contributed by atoms with Crippen LogP contribution in [-0.4, -0.2) is 48.1 Å². The van der Waals surface area contributed by atoms with E-state index in [4.69, 9.17) is 4.98 Å². The molecule has 184 valence electrons. The highest BCUT2D eigenvalue weighted by Gasteiger charge is 2.17. The van der Waals surface area contributed by atoms with Crippen LogP contribution in [0.15, 0.2) is 61.1 Å². The molecule has 0 amide bonds. The standard InChI is InChI=1S/C28H24FN7S/c29-25-8-7-24(37-25)19-5-4-6-21-26(19)33-28(32-21)27-20-12-22(31-15-23(20)34-35-27)18-11-17(13-30-14-18)16-36-9-2-1-3-10-36/h4-8,11-15H,1-3,9-10,16H2,(H,32,33)(H,34,35). The summed E-state index contributed by atoms with van der Waals surface area (Å²) in [5.74, 6) is 0.653. The van der Waals surface area contributed by atoms with Crippen molar-refractivity contribution in [2.75, 3.05) is 13.1 Å². The van der Waals surface area contributed by atoms with Crippen molar-refractivity contribution in [1.82, 2.24) is 35.0 Å². The Kier molecular flexibility index (Phi) is 5.52. The predicted octanol–water partition coefficient (Wildman–Crippen LogP) is 6.42. The first-order valence-electron chi connectivity index (χ1n) is 12.5. The molecule has 1 aliphatic rings. The molecule has 7 rings (SSSR count). The van der Waals surface area contributed by atoms with E-state index < -0.39 is 0 Å². The highest BCUT2D eigenvalue weighted by Crippen LogP contribution is 2.35. The van der Waals surface area contributed by atoms with Gasteiger partial charge in [0.1, 0.15) is 5.69 Å².